The zero-order chi connectivity index (χ0) is 11.8. The van der Waals surface area contributed by atoms with E-state index < -0.39 is 0 Å². The first kappa shape index (κ1) is 13.4. The minimum atomic E-state index is 0.284. The number of halogens is 1. The normalized spacial score (nSPS) is 11.0. The van der Waals surface area contributed by atoms with Gasteiger partial charge in [-0.3, -0.25) is 0 Å². The molecule has 0 amide bonds. The van der Waals surface area contributed by atoms with Crippen LogP contribution in [0.15, 0.2) is 12.1 Å². The largest absolute Gasteiger partial charge is 0.396 e. The number of hydrogen-bond acceptors (Lipinski definition) is 4. The maximum Gasteiger partial charge on any atom is 0.151 e. The van der Waals surface area contributed by atoms with E-state index in [1.807, 2.05) is 6.07 Å². The van der Waals surface area contributed by atoms with Gasteiger partial charge in [0.1, 0.15) is 0 Å². The standard InChI is InChI=1S/C11H18ClN3O/c1-15(7-3-2-4-8-16)9-10-5-6-11(12)14-13-10/h5-6,16H,2-4,7-9H2,1H3. The van der Waals surface area contributed by atoms with Crippen molar-refractivity contribution in [3.8, 4) is 0 Å². The summed E-state index contributed by atoms with van der Waals surface area (Å²) in [6.07, 6.45) is 3.04. The first-order valence-corrected chi connectivity index (χ1v) is 5.87. The van der Waals surface area contributed by atoms with Crippen LogP contribution in [0.1, 0.15) is 25.0 Å². The van der Waals surface area contributed by atoms with E-state index in [2.05, 4.69) is 22.1 Å². The number of aliphatic hydroxyl groups excluding tert-OH is 1. The van der Waals surface area contributed by atoms with Gasteiger partial charge in [-0.1, -0.05) is 11.6 Å². The van der Waals surface area contributed by atoms with Gasteiger partial charge in [-0.25, -0.2) is 0 Å². The van der Waals surface area contributed by atoms with Crippen LogP contribution in [0.5, 0.6) is 0 Å². The summed E-state index contributed by atoms with van der Waals surface area (Å²) in [5, 5.41) is 16.9. The number of unbranched alkanes of at least 4 members (excludes halogenated alkanes) is 2. The second kappa shape index (κ2) is 7.54. The summed E-state index contributed by atoms with van der Waals surface area (Å²) in [7, 11) is 2.05. The summed E-state index contributed by atoms with van der Waals surface area (Å²) >= 11 is 5.66. The van der Waals surface area contributed by atoms with Gasteiger partial charge < -0.3 is 10.0 Å². The predicted octanol–water partition coefficient (Wildman–Crippen LogP) is 1.72. The molecule has 0 fully saturated rings. The van der Waals surface area contributed by atoms with E-state index in [1.165, 1.54) is 0 Å². The third-order valence-corrected chi connectivity index (χ3v) is 2.52. The van der Waals surface area contributed by atoms with Crippen LogP contribution in [0.4, 0.5) is 0 Å². The number of aromatic nitrogens is 2. The smallest absolute Gasteiger partial charge is 0.151 e. The molecule has 5 heteroatoms. The van der Waals surface area contributed by atoms with Crippen molar-refractivity contribution in [3.05, 3.63) is 23.0 Å². The predicted molar refractivity (Wildman–Crippen MR) is 64.3 cm³/mol. The Morgan fingerprint density at radius 1 is 1.25 bits per heavy atom. The van der Waals surface area contributed by atoms with Crippen LogP contribution in [0.3, 0.4) is 0 Å². The van der Waals surface area contributed by atoms with Crippen LogP contribution in [0.2, 0.25) is 5.15 Å². The van der Waals surface area contributed by atoms with Gasteiger partial charge in [-0.05, 0) is 45.0 Å². The van der Waals surface area contributed by atoms with Crippen LogP contribution < -0.4 is 0 Å². The molecule has 1 N–H and O–H groups in total. The molecule has 0 aliphatic rings. The van der Waals surface area contributed by atoms with Gasteiger partial charge in [-0.2, -0.15) is 5.10 Å². The fraction of sp³-hybridized carbons (Fsp3) is 0.636. The van der Waals surface area contributed by atoms with Gasteiger partial charge in [0.2, 0.25) is 0 Å². The molecule has 4 nitrogen and oxygen atoms in total. The molecule has 0 atom stereocenters. The first-order valence-electron chi connectivity index (χ1n) is 5.50. The molecule has 0 aliphatic heterocycles. The molecule has 1 heterocycles. The molecule has 0 spiro atoms. The lowest BCUT2D eigenvalue weighted by molar-refractivity contribution is 0.270. The Bertz CT molecular complexity index is 292. The fourth-order valence-electron chi connectivity index (χ4n) is 1.45. The number of hydrogen-bond donors (Lipinski definition) is 1. The summed E-state index contributed by atoms with van der Waals surface area (Å²) in [5.41, 5.74) is 0.925. The van der Waals surface area contributed by atoms with Gasteiger partial charge >= 0.3 is 0 Å². The molecule has 1 rings (SSSR count). The lowest BCUT2D eigenvalue weighted by Crippen LogP contribution is -2.20. The number of aliphatic hydroxyl groups is 1. The average Bonchev–Trinajstić information content (AvgIpc) is 2.28. The van der Waals surface area contributed by atoms with Gasteiger partial charge in [0, 0.05) is 13.2 Å². The summed E-state index contributed by atoms with van der Waals surface area (Å²) in [6, 6.07) is 3.64. The maximum absolute atomic E-state index is 8.65. The molecule has 0 radical (unpaired) electrons. The minimum Gasteiger partial charge on any atom is -0.396 e. The van der Waals surface area contributed by atoms with E-state index in [1.54, 1.807) is 6.07 Å². The van der Waals surface area contributed by atoms with Crippen molar-refractivity contribution in [2.45, 2.75) is 25.8 Å². The average molecular weight is 244 g/mol. The van der Waals surface area contributed by atoms with Crippen LogP contribution in [-0.4, -0.2) is 40.4 Å². The molecule has 1 aromatic heterocycles. The van der Waals surface area contributed by atoms with Crippen molar-refractivity contribution in [2.24, 2.45) is 0 Å². The van der Waals surface area contributed by atoms with Crippen molar-refractivity contribution >= 4 is 11.6 Å². The van der Waals surface area contributed by atoms with E-state index in [-0.39, 0.29) is 6.61 Å². The van der Waals surface area contributed by atoms with E-state index in [0.29, 0.717) is 5.15 Å². The molecule has 0 saturated carbocycles. The van der Waals surface area contributed by atoms with Gasteiger partial charge in [-0.15, -0.1) is 5.10 Å². The SMILES string of the molecule is CN(CCCCCO)Cc1ccc(Cl)nn1. The molecule has 1 aromatic rings. The molecule has 0 aliphatic carbocycles. The molecule has 0 bridgehead atoms. The van der Waals surface area contributed by atoms with Crippen LogP contribution >= 0.6 is 11.6 Å². The second-order valence-corrected chi connectivity index (χ2v) is 4.26. The Kier molecular flexibility index (Phi) is 6.30. The Morgan fingerprint density at radius 3 is 2.69 bits per heavy atom. The number of nitrogens with zero attached hydrogens (tertiary/aromatic N) is 3. The highest BCUT2D eigenvalue weighted by molar-refractivity contribution is 6.29. The zero-order valence-corrected chi connectivity index (χ0v) is 10.3. The minimum absolute atomic E-state index is 0.284. The van der Waals surface area contributed by atoms with E-state index >= 15 is 0 Å². The lowest BCUT2D eigenvalue weighted by Gasteiger charge is -2.15. The van der Waals surface area contributed by atoms with E-state index in [4.69, 9.17) is 16.7 Å². The quantitative estimate of drug-likeness (QED) is 0.741. The monoisotopic (exact) mass is 243 g/mol. The Labute approximate surface area is 101 Å². The highest BCUT2D eigenvalue weighted by atomic mass is 35.5. The van der Waals surface area contributed by atoms with E-state index in [9.17, 15) is 0 Å². The molecular formula is C11H18ClN3O. The third kappa shape index (κ3) is 5.39. The zero-order valence-electron chi connectivity index (χ0n) is 9.56. The van der Waals surface area contributed by atoms with Crippen molar-refractivity contribution in [3.63, 3.8) is 0 Å². The topological polar surface area (TPSA) is 49.2 Å². The fourth-order valence-corrected chi connectivity index (χ4v) is 1.55. The molecule has 90 valence electrons. The molecule has 0 unspecified atom stereocenters. The summed E-state index contributed by atoms with van der Waals surface area (Å²) in [4.78, 5) is 2.19. The Morgan fingerprint density at radius 2 is 2.06 bits per heavy atom. The molecule has 16 heavy (non-hydrogen) atoms. The van der Waals surface area contributed by atoms with Crippen molar-refractivity contribution < 1.29 is 5.11 Å². The molecule has 0 saturated heterocycles. The van der Waals surface area contributed by atoms with Crippen LogP contribution in [-0.2, 0) is 6.54 Å². The highest BCUT2D eigenvalue weighted by Crippen LogP contribution is 2.05. The van der Waals surface area contributed by atoms with Gasteiger partial charge in [0.25, 0.3) is 0 Å². The van der Waals surface area contributed by atoms with Crippen LogP contribution in [0.25, 0.3) is 0 Å². The molecule has 0 aromatic carbocycles. The Hall–Kier alpha value is -0.710. The van der Waals surface area contributed by atoms with Crippen molar-refractivity contribution in [2.75, 3.05) is 20.2 Å². The third-order valence-electron chi connectivity index (χ3n) is 2.32. The summed E-state index contributed by atoms with van der Waals surface area (Å²) in [5.74, 6) is 0. The second-order valence-electron chi connectivity index (χ2n) is 3.87. The van der Waals surface area contributed by atoms with E-state index in [0.717, 1.165) is 38.0 Å². The summed E-state index contributed by atoms with van der Waals surface area (Å²) < 4.78 is 0. The highest BCUT2D eigenvalue weighted by Gasteiger charge is 2.02. The summed E-state index contributed by atoms with van der Waals surface area (Å²) in [6.45, 7) is 2.07. The number of rotatable bonds is 7. The van der Waals surface area contributed by atoms with Crippen molar-refractivity contribution in [1.82, 2.24) is 15.1 Å². The van der Waals surface area contributed by atoms with Crippen molar-refractivity contribution in [1.29, 1.82) is 0 Å². The van der Waals surface area contributed by atoms with Gasteiger partial charge in [0.05, 0.1) is 5.69 Å². The Balaban J connectivity index is 2.23. The molecular weight excluding hydrogens is 226 g/mol. The maximum atomic E-state index is 8.65. The van der Waals surface area contributed by atoms with Gasteiger partial charge in [0.15, 0.2) is 5.15 Å². The lowest BCUT2D eigenvalue weighted by atomic mass is 10.2. The van der Waals surface area contributed by atoms with Crippen LogP contribution in [0, 0.1) is 0 Å². The first-order chi connectivity index (χ1) is 7.72.